The van der Waals surface area contributed by atoms with E-state index in [4.69, 9.17) is 4.74 Å². The van der Waals surface area contributed by atoms with Crippen LogP contribution in [0, 0.1) is 11.8 Å². The van der Waals surface area contributed by atoms with Crippen molar-refractivity contribution in [2.24, 2.45) is 11.8 Å². The zero-order chi connectivity index (χ0) is 19.7. The number of hydrogen-bond donors (Lipinski definition) is 1. The number of nitrogens with one attached hydrogen (secondary N) is 1. The van der Waals surface area contributed by atoms with Crippen molar-refractivity contribution in [2.75, 3.05) is 0 Å². The van der Waals surface area contributed by atoms with Crippen LogP contribution in [-0.2, 0) is 16.0 Å². The Hall–Kier alpha value is -2.10. The topological polar surface area (TPSA) is 55.4 Å². The van der Waals surface area contributed by atoms with Crippen molar-refractivity contribution in [2.45, 2.75) is 66.0 Å². The van der Waals surface area contributed by atoms with E-state index in [0.29, 0.717) is 12.3 Å². The van der Waals surface area contributed by atoms with Crippen molar-refractivity contribution in [3.63, 3.8) is 0 Å². The summed E-state index contributed by atoms with van der Waals surface area (Å²) in [4.78, 5) is 24.1. The van der Waals surface area contributed by atoms with Gasteiger partial charge in [-0.3, -0.25) is 4.79 Å². The number of carbonyl (C=O) groups is 2. The van der Waals surface area contributed by atoms with E-state index in [1.807, 2.05) is 63.3 Å². The van der Waals surface area contributed by atoms with E-state index in [1.165, 1.54) is 0 Å². The van der Waals surface area contributed by atoms with Gasteiger partial charge in [-0.1, -0.05) is 56.3 Å². The lowest BCUT2D eigenvalue weighted by atomic mass is 9.94. The zero-order valence-corrected chi connectivity index (χ0v) is 16.9. The first-order valence-corrected chi connectivity index (χ1v) is 9.29. The standard InChI is InChI=1S/C22H33NO3/c1-16(2)14-20(23-21(25)26-22(4,5)6)13-12-19(17(3)24)15-18-10-8-7-9-11-18/h7-13,16,19-20H,14-15H2,1-6H3,(H,23,25)/b13-12+/t19-,20-/m1/s1. The lowest BCUT2D eigenvalue weighted by molar-refractivity contribution is -0.119. The molecule has 1 amide bonds. The van der Waals surface area contributed by atoms with Crippen molar-refractivity contribution >= 4 is 11.9 Å². The van der Waals surface area contributed by atoms with Crippen LogP contribution in [-0.4, -0.2) is 23.5 Å². The second-order valence-electron chi connectivity index (χ2n) is 8.17. The van der Waals surface area contributed by atoms with Gasteiger partial charge in [0.15, 0.2) is 0 Å². The minimum absolute atomic E-state index is 0.116. The third-order valence-corrected chi connectivity index (χ3v) is 3.82. The summed E-state index contributed by atoms with van der Waals surface area (Å²) in [6.07, 6.45) is 4.85. The summed E-state index contributed by atoms with van der Waals surface area (Å²) < 4.78 is 5.35. The second kappa shape index (κ2) is 10.1. The predicted molar refractivity (Wildman–Crippen MR) is 106 cm³/mol. The number of hydrogen-bond acceptors (Lipinski definition) is 3. The Morgan fingerprint density at radius 3 is 2.23 bits per heavy atom. The van der Waals surface area contributed by atoms with Crippen molar-refractivity contribution in [1.29, 1.82) is 0 Å². The summed E-state index contributed by atoms with van der Waals surface area (Å²) in [6.45, 7) is 11.3. The molecule has 1 N–H and O–H groups in total. The maximum absolute atomic E-state index is 12.1. The maximum atomic E-state index is 12.1. The Balaban J connectivity index is 2.81. The van der Waals surface area contributed by atoms with Crippen LogP contribution in [0.3, 0.4) is 0 Å². The molecule has 0 saturated carbocycles. The molecule has 1 rings (SSSR count). The van der Waals surface area contributed by atoms with Gasteiger partial charge >= 0.3 is 6.09 Å². The van der Waals surface area contributed by atoms with Gasteiger partial charge in [0.05, 0.1) is 6.04 Å². The van der Waals surface area contributed by atoms with Crippen LogP contribution in [0.5, 0.6) is 0 Å². The van der Waals surface area contributed by atoms with E-state index < -0.39 is 11.7 Å². The molecule has 0 bridgehead atoms. The van der Waals surface area contributed by atoms with Crippen LogP contribution < -0.4 is 5.32 Å². The van der Waals surface area contributed by atoms with Gasteiger partial charge in [0.1, 0.15) is 11.4 Å². The lowest BCUT2D eigenvalue weighted by Crippen LogP contribution is -2.39. The molecule has 0 aromatic heterocycles. The van der Waals surface area contributed by atoms with Gasteiger partial charge in [-0.15, -0.1) is 0 Å². The monoisotopic (exact) mass is 359 g/mol. The molecule has 4 nitrogen and oxygen atoms in total. The number of ketones is 1. The van der Waals surface area contributed by atoms with Crippen molar-refractivity contribution < 1.29 is 14.3 Å². The van der Waals surface area contributed by atoms with E-state index in [0.717, 1.165) is 12.0 Å². The number of ether oxygens (including phenoxy) is 1. The minimum Gasteiger partial charge on any atom is -0.444 e. The molecular weight excluding hydrogens is 326 g/mol. The van der Waals surface area contributed by atoms with Gasteiger partial charge in [0.25, 0.3) is 0 Å². The van der Waals surface area contributed by atoms with Gasteiger partial charge in [-0.25, -0.2) is 4.79 Å². The third kappa shape index (κ3) is 9.40. The van der Waals surface area contributed by atoms with E-state index in [2.05, 4.69) is 19.2 Å². The number of Topliss-reactive ketones (excluding diaryl/α,β-unsaturated/α-hetero) is 1. The van der Waals surface area contributed by atoms with Crippen LogP contribution in [0.4, 0.5) is 4.79 Å². The SMILES string of the molecule is CC(=O)[C@H](/C=C/[C@H](CC(C)C)NC(=O)OC(C)(C)C)Cc1ccccc1. The normalized spacial score (nSPS) is 14.3. The Morgan fingerprint density at radius 2 is 1.73 bits per heavy atom. The van der Waals surface area contributed by atoms with Gasteiger partial charge < -0.3 is 10.1 Å². The minimum atomic E-state index is -0.536. The number of alkyl carbamates (subject to hydrolysis) is 1. The van der Waals surface area contributed by atoms with Crippen LogP contribution in [0.1, 0.15) is 53.5 Å². The summed E-state index contributed by atoms with van der Waals surface area (Å²) >= 11 is 0. The molecule has 0 spiro atoms. The highest BCUT2D eigenvalue weighted by Gasteiger charge is 2.19. The van der Waals surface area contributed by atoms with E-state index >= 15 is 0 Å². The molecule has 0 heterocycles. The third-order valence-electron chi connectivity index (χ3n) is 3.82. The molecule has 0 aliphatic rings. The summed E-state index contributed by atoms with van der Waals surface area (Å²) in [5, 5.41) is 2.90. The van der Waals surface area contributed by atoms with Crippen LogP contribution >= 0.6 is 0 Å². The fraction of sp³-hybridized carbons (Fsp3) is 0.545. The van der Waals surface area contributed by atoms with Gasteiger partial charge in [-0.2, -0.15) is 0 Å². The predicted octanol–water partition coefficient (Wildman–Crippen LogP) is 4.93. The Labute approximate surface area is 158 Å². The summed E-state index contributed by atoms with van der Waals surface area (Å²) in [5.41, 5.74) is 0.587. The molecule has 144 valence electrons. The summed E-state index contributed by atoms with van der Waals surface area (Å²) in [5.74, 6) is 0.322. The molecular formula is C22H33NO3. The van der Waals surface area contributed by atoms with Crippen molar-refractivity contribution in [1.82, 2.24) is 5.32 Å². The highest BCUT2D eigenvalue weighted by molar-refractivity contribution is 5.80. The Morgan fingerprint density at radius 1 is 1.12 bits per heavy atom. The summed E-state index contributed by atoms with van der Waals surface area (Å²) in [6, 6.07) is 9.79. The highest BCUT2D eigenvalue weighted by Crippen LogP contribution is 2.14. The Bertz CT molecular complexity index is 600. The van der Waals surface area contributed by atoms with Gasteiger partial charge in [0, 0.05) is 5.92 Å². The zero-order valence-electron chi connectivity index (χ0n) is 16.9. The average Bonchev–Trinajstić information content (AvgIpc) is 2.49. The number of allylic oxidation sites excluding steroid dienone is 1. The summed E-state index contributed by atoms with van der Waals surface area (Å²) in [7, 11) is 0. The fourth-order valence-electron chi connectivity index (χ4n) is 2.64. The number of benzene rings is 1. The lowest BCUT2D eigenvalue weighted by Gasteiger charge is -2.23. The number of carbonyl (C=O) groups excluding carboxylic acids is 2. The largest absolute Gasteiger partial charge is 0.444 e. The van der Waals surface area contributed by atoms with E-state index in [1.54, 1.807) is 6.92 Å². The van der Waals surface area contributed by atoms with Crippen LogP contribution in [0.2, 0.25) is 0 Å². The van der Waals surface area contributed by atoms with E-state index in [-0.39, 0.29) is 17.7 Å². The number of amides is 1. The average molecular weight is 360 g/mol. The number of rotatable bonds is 8. The second-order valence-corrected chi connectivity index (χ2v) is 8.17. The molecule has 0 fully saturated rings. The van der Waals surface area contributed by atoms with Crippen LogP contribution in [0.25, 0.3) is 0 Å². The molecule has 0 saturated heterocycles. The molecule has 2 atom stereocenters. The molecule has 0 aliphatic heterocycles. The smallest absolute Gasteiger partial charge is 0.408 e. The Kier molecular flexibility index (Phi) is 8.56. The first-order chi connectivity index (χ1) is 12.1. The van der Waals surface area contributed by atoms with E-state index in [9.17, 15) is 9.59 Å². The molecule has 26 heavy (non-hydrogen) atoms. The molecule has 0 aliphatic carbocycles. The first kappa shape index (κ1) is 21.9. The first-order valence-electron chi connectivity index (χ1n) is 9.29. The quantitative estimate of drug-likeness (QED) is 0.670. The van der Waals surface area contributed by atoms with Crippen LogP contribution in [0.15, 0.2) is 42.5 Å². The molecule has 4 heteroatoms. The van der Waals surface area contributed by atoms with Crippen molar-refractivity contribution in [3.8, 4) is 0 Å². The van der Waals surface area contributed by atoms with Gasteiger partial charge in [-0.05, 0) is 52.0 Å². The van der Waals surface area contributed by atoms with Gasteiger partial charge in [0.2, 0.25) is 0 Å². The molecule has 1 aromatic carbocycles. The molecule has 1 aromatic rings. The molecule has 0 unspecified atom stereocenters. The fourth-order valence-corrected chi connectivity index (χ4v) is 2.64. The molecule has 0 radical (unpaired) electrons. The van der Waals surface area contributed by atoms with Crippen molar-refractivity contribution in [3.05, 3.63) is 48.0 Å². The maximum Gasteiger partial charge on any atom is 0.408 e. The highest BCUT2D eigenvalue weighted by atomic mass is 16.6.